The van der Waals surface area contributed by atoms with Gasteiger partial charge in [-0.05, 0) is 26.3 Å². The summed E-state index contributed by atoms with van der Waals surface area (Å²) in [7, 11) is 4.84. The van der Waals surface area contributed by atoms with Gasteiger partial charge in [0.15, 0.2) is 17.5 Å². The number of nitrogens with zero attached hydrogens (tertiary/aromatic N) is 1. The van der Waals surface area contributed by atoms with E-state index < -0.39 is 0 Å². The Bertz CT molecular complexity index is 535. The minimum absolute atomic E-state index is 0.463. The van der Waals surface area contributed by atoms with Gasteiger partial charge in [-0.3, -0.25) is 0 Å². The standard InChI is InChI=1S/C18H31N3O4/c1-6-19-18(20-9-8-10-25-7-2)21-13-14-11-16(23-4)17(24-5)12-15(14)22-3/h11-12H,6-10,13H2,1-5H3,(H2,19,20,21). The summed E-state index contributed by atoms with van der Waals surface area (Å²) in [6, 6.07) is 3.70. The summed E-state index contributed by atoms with van der Waals surface area (Å²) in [5.41, 5.74) is 0.923. The third-order valence-corrected chi connectivity index (χ3v) is 3.50. The van der Waals surface area contributed by atoms with Crippen LogP contribution in [0.4, 0.5) is 0 Å². The van der Waals surface area contributed by atoms with Crippen molar-refractivity contribution in [1.29, 1.82) is 0 Å². The summed E-state index contributed by atoms with van der Waals surface area (Å²) in [5.74, 6) is 2.76. The minimum Gasteiger partial charge on any atom is -0.496 e. The van der Waals surface area contributed by atoms with Crippen molar-refractivity contribution in [3.05, 3.63) is 17.7 Å². The first kappa shape index (κ1) is 20.9. The second kappa shape index (κ2) is 12.2. The first-order chi connectivity index (χ1) is 12.2. The maximum atomic E-state index is 5.44. The molecule has 0 amide bonds. The number of nitrogens with one attached hydrogen (secondary N) is 2. The number of benzene rings is 1. The van der Waals surface area contributed by atoms with Crippen molar-refractivity contribution >= 4 is 5.96 Å². The topological polar surface area (TPSA) is 73.3 Å². The normalized spacial score (nSPS) is 11.2. The van der Waals surface area contributed by atoms with Crippen LogP contribution in [0.25, 0.3) is 0 Å². The molecule has 1 rings (SSSR count). The fourth-order valence-corrected chi connectivity index (χ4v) is 2.25. The van der Waals surface area contributed by atoms with Gasteiger partial charge in [-0.1, -0.05) is 0 Å². The number of guanidine groups is 1. The van der Waals surface area contributed by atoms with Gasteiger partial charge in [-0.2, -0.15) is 0 Å². The molecule has 0 atom stereocenters. The Morgan fingerprint density at radius 3 is 2.24 bits per heavy atom. The monoisotopic (exact) mass is 353 g/mol. The van der Waals surface area contributed by atoms with Crippen LogP contribution in [-0.4, -0.2) is 53.6 Å². The number of rotatable bonds is 11. The number of ether oxygens (including phenoxy) is 4. The SMILES string of the molecule is CCNC(=NCc1cc(OC)c(OC)cc1OC)NCCCOCC. The Balaban J connectivity index is 2.79. The lowest BCUT2D eigenvalue weighted by Gasteiger charge is -2.14. The molecule has 0 radical (unpaired) electrons. The van der Waals surface area contributed by atoms with Gasteiger partial charge in [0, 0.05) is 37.9 Å². The second-order valence-electron chi connectivity index (χ2n) is 5.19. The van der Waals surface area contributed by atoms with Crippen molar-refractivity contribution in [2.45, 2.75) is 26.8 Å². The van der Waals surface area contributed by atoms with Crippen LogP contribution < -0.4 is 24.8 Å². The fourth-order valence-electron chi connectivity index (χ4n) is 2.25. The van der Waals surface area contributed by atoms with Gasteiger partial charge < -0.3 is 29.6 Å². The fraction of sp³-hybridized carbons (Fsp3) is 0.611. The lowest BCUT2D eigenvalue weighted by Crippen LogP contribution is -2.38. The van der Waals surface area contributed by atoms with Gasteiger partial charge in [0.2, 0.25) is 0 Å². The first-order valence-electron chi connectivity index (χ1n) is 8.58. The van der Waals surface area contributed by atoms with Crippen LogP contribution in [0, 0.1) is 0 Å². The van der Waals surface area contributed by atoms with Gasteiger partial charge in [-0.15, -0.1) is 0 Å². The third kappa shape index (κ3) is 7.09. The molecule has 1 aromatic carbocycles. The van der Waals surface area contributed by atoms with Crippen molar-refractivity contribution in [3.8, 4) is 17.2 Å². The van der Waals surface area contributed by atoms with Gasteiger partial charge in [0.25, 0.3) is 0 Å². The van der Waals surface area contributed by atoms with E-state index in [0.717, 1.165) is 44.2 Å². The highest BCUT2D eigenvalue weighted by Gasteiger charge is 2.11. The molecular formula is C18H31N3O4. The van der Waals surface area contributed by atoms with Crippen molar-refractivity contribution in [1.82, 2.24) is 10.6 Å². The van der Waals surface area contributed by atoms with Gasteiger partial charge in [-0.25, -0.2) is 4.99 Å². The quantitative estimate of drug-likeness (QED) is 0.361. The molecule has 1 aromatic rings. The summed E-state index contributed by atoms with van der Waals surface area (Å²) < 4.78 is 21.4. The Hall–Kier alpha value is -2.15. The molecule has 0 aliphatic heterocycles. The van der Waals surface area contributed by atoms with E-state index in [1.54, 1.807) is 21.3 Å². The van der Waals surface area contributed by atoms with E-state index in [9.17, 15) is 0 Å². The number of methoxy groups -OCH3 is 3. The molecule has 142 valence electrons. The molecule has 0 bridgehead atoms. The van der Waals surface area contributed by atoms with E-state index in [2.05, 4.69) is 15.6 Å². The molecule has 0 aliphatic carbocycles. The third-order valence-electron chi connectivity index (χ3n) is 3.50. The molecule has 0 fully saturated rings. The van der Waals surface area contributed by atoms with Crippen LogP contribution in [0.1, 0.15) is 25.8 Å². The average Bonchev–Trinajstić information content (AvgIpc) is 2.64. The molecule has 0 heterocycles. The molecule has 0 saturated carbocycles. The smallest absolute Gasteiger partial charge is 0.191 e. The molecule has 7 heteroatoms. The van der Waals surface area contributed by atoms with Crippen molar-refractivity contribution in [2.24, 2.45) is 4.99 Å². The zero-order chi connectivity index (χ0) is 18.5. The van der Waals surface area contributed by atoms with Crippen molar-refractivity contribution < 1.29 is 18.9 Å². The molecular weight excluding hydrogens is 322 g/mol. The molecule has 25 heavy (non-hydrogen) atoms. The Morgan fingerprint density at radius 1 is 0.960 bits per heavy atom. The average molecular weight is 353 g/mol. The summed E-state index contributed by atoms with van der Waals surface area (Å²) >= 11 is 0. The first-order valence-corrected chi connectivity index (χ1v) is 8.58. The highest BCUT2D eigenvalue weighted by Crippen LogP contribution is 2.34. The summed E-state index contributed by atoms with van der Waals surface area (Å²) in [5, 5.41) is 6.53. The molecule has 0 unspecified atom stereocenters. The molecule has 0 spiro atoms. The second-order valence-corrected chi connectivity index (χ2v) is 5.19. The van der Waals surface area contributed by atoms with E-state index in [4.69, 9.17) is 18.9 Å². The van der Waals surface area contributed by atoms with Crippen LogP contribution in [0.5, 0.6) is 17.2 Å². The van der Waals surface area contributed by atoms with E-state index in [1.165, 1.54) is 0 Å². The number of hydrogen-bond acceptors (Lipinski definition) is 5. The Labute approximate surface area is 150 Å². The number of hydrogen-bond donors (Lipinski definition) is 2. The largest absolute Gasteiger partial charge is 0.496 e. The van der Waals surface area contributed by atoms with Crippen LogP contribution in [0.2, 0.25) is 0 Å². The Morgan fingerprint density at radius 2 is 1.64 bits per heavy atom. The van der Waals surface area contributed by atoms with Crippen LogP contribution >= 0.6 is 0 Å². The van der Waals surface area contributed by atoms with E-state index >= 15 is 0 Å². The highest BCUT2D eigenvalue weighted by atomic mass is 16.5. The van der Waals surface area contributed by atoms with Gasteiger partial charge in [0.05, 0.1) is 27.9 Å². The maximum absolute atomic E-state index is 5.44. The lowest BCUT2D eigenvalue weighted by atomic mass is 10.1. The highest BCUT2D eigenvalue weighted by molar-refractivity contribution is 5.79. The number of aliphatic imine (C=N–C) groups is 1. The maximum Gasteiger partial charge on any atom is 0.191 e. The summed E-state index contributed by atoms with van der Waals surface area (Å²) in [4.78, 5) is 4.62. The van der Waals surface area contributed by atoms with Gasteiger partial charge in [0.1, 0.15) is 5.75 Å². The summed E-state index contributed by atoms with van der Waals surface area (Å²) in [6.45, 7) is 7.57. The van der Waals surface area contributed by atoms with Crippen molar-refractivity contribution in [2.75, 3.05) is 47.6 Å². The minimum atomic E-state index is 0.463. The van der Waals surface area contributed by atoms with E-state index in [0.29, 0.717) is 23.8 Å². The zero-order valence-corrected chi connectivity index (χ0v) is 16.0. The van der Waals surface area contributed by atoms with Crippen LogP contribution in [0.3, 0.4) is 0 Å². The van der Waals surface area contributed by atoms with E-state index in [1.807, 2.05) is 26.0 Å². The molecule has 7 nitrogen and oxygen atoms in total. The molecule has 0 aliphatic rings. The predicted octanol–water partition coefficient (Wildman–Crippen LogP) is 2.19. The van der Waals surface area contributed by atoms with E-state index in [-0.39, 0.29) is 0 Å². The molecule has 0 aromatic heterocycles. The Kier molecular flexibility index (Phi) is 10.2. The van der Waals surface area contributed by atoms with Gasteiger partial charge >= 0.3 is 0 Å². The lowest BCUT2D eigenvalue weighted by molar-refractivity contribution is 0.145. The zero-order valence-electron chi connectivity index (χ0n) is 16.0. The van der Waals surface area contributed by atoms with Crippen LogP contribution in [-0.2, 0) is 11.3 Å². The predicted molar refractivity (Wildman–Crippen MR) is 100 cm³/mol. The molecule has 2 N–H and O–H groups in total. The summed E-state index contributed by atoms with van der Waals surface area (Å²) in [6.07, 6.45) is 0.929. The van der Waals surface area contributed by atoms with Crippen molar-refractivity contribution in [3.63, 3.8) is 0 Å². The molecule has 0 saturated heterocycles. The van der Waals surface area contributed by atoms with Crippen LogP contribution in [0.15, 0.2) is 17.1 Å².